The average Bonchev–Trinajstić information content (AvgIpc) is 2.62. The first-order valence-corrected chi connectivity index (χ1v) is 8.37. The predicted molar refractivity (Wildman–Crippen MR) is 93.9 cm³/mol. The number of benzene rings is 1. The second kappa shape index (κ2) is 7.45. The Hall–Kier alpha value is -2.40. The zero-order chi connectivity index (χ0) is 16.9. The highest BCUT2D eigenvalue weighted by Gasteiger charge is 2.23. The minimum absolute atomic E-state index is 0.0218. The monoisotopic (exact) mass is 325 g/mol. The summed E-state index contributed by atoms with van der Waals surface area (Å²) in [5, 5.41) is 13.2. The average molecular weight is 325 g/mol. The highest BCUT2D eigenvalue weighted by atomic mass is 16.3. The molecule has 1 saturated heterocycles. The normalized spacial score (nSPS) is 18.9. The smallest absolute Gasteiger partial charge is 0.254 e. The fourth-order valence-electron chi connectivity index (χ4n) is 3.03. The maximum Gasteiger partial charge on any atom is 0.254 e. The molecule has 0 aliphatic carbocycles. The summed E-state index contributed by atoms with van der Waals surface area (Å²) in [6, 6.07) is 11.6. The van der Waals surface area contributed by atoms with Gasteiger partial charge in [-0.05, 0) is 49.6 Å². The van der Waals surface area contributed by atoms with Crippen LogP contribution in [-0.2, 0) is 0 Å². The molecule has 1 aliphatic rings. The molecule has 2 heterocycles. The van der Waals surface area contributed by atoms with Crippen molar-refractivity contribution >= 4 is 11.6 Å². The van der Waals surface area contributed by atoms with Gasteiger partial charge in [0.2, 0.25) is 0 Å². The minimum atomic E-state index is -0.408. The van der Waals surface area contributed by atoms with Crippen LogP contribution < -0.4 is 5.32 Å². The highest BCUT2D eigenvalue weighted by Crippen LogP contribution is 2.21. The van der Waals surface area contributed by atoms with Gasteiger partial charge in [0.1, 0.15) is 0 Å². The van der Waals surface area contributed by atoms with Crippen LogP contribution in [0.25, 0.3) is 0 Å². The maximum atomic E-state index is 12.6. The van der Waals surface area contributed by atoms with Crippen LogP contribution in [0.1, 0.15) is 41.7 Å². The van der Waals surface area contributed by atoms with Crippen molar-refractivity contribution in [3.05, 3.63) is 59.9 Å². The molecular formula is C19H23N3O2. The Balaban J connectivity index is 1.71. The van der Waals surface area contributed by atoms with Crippen molar-refractivity contribution < 1.29 is 9.90 Å². The number of aliphatic hydroxyl groups excluding tert-OH is 1. The van der Waals surface area contributed by atoms with Crippen LogP contribution in [0.15, 0.2) is 48.8 Å². The lowest BCUT2D eigenvalue weighted by molar-refractivity contribution is 0.0474. The molecule has 0 bridgehead atoms. The van der Waals surface area contributed by atoms with Gasteiger partial charge < -0.3 is 15.3 Å². The second-order valence-corrected chi connectivity index (χ2v) is 6.28. The van der Waals surface area contributed by atoms with E-state index in [0.717, 1.165) is 24.1 Å². The Morgan fingerprint density at radius 2 is 2.25 bits per heavy atom. The van der Waals surface area contributed by atoms with Crippen molar-refractivity contribution in [2.24, 2.45) is 0 Å². The summed E-state index contributed by atoms with van der Waals surface area (Å²) in [6.07, 6.45) is 4.80. The number of pyridine rings is 1. The number of β-amino-alcohol motifs (C(OH)–C–C–N with tert-alkyl or cyclic N) is 1. The maximum absolute atomic E-state index is 12.6. The number of carbonyl (C=O) groups excluding carboxylic acids is 1. The zero-order valence-corrected chi connectivity index (χ0v) is 13.9. The number of amides is 1. The van der Waals surface area contributed by atoms with Gasteiger partial charge in [-0.15, -0.1) is 0 Å². The van der Waals surface area contributed by atoms with Gasteiger partial charge in [0.15, 0.2) is 0 Å². The summed E-state index contributed by atoms with van der Waals surface area (Å²) in [5.74, 6) is -0.0218. The number of anilines is 1. The standard InChI is InChI=1S/C19H23N3O2/c1-14(16-6-3-9-20-12-16)21-17-7-2-5-15(11-17)19(24)22-10-4-8-18(23)13-22/h2-3,5-7,9,11-12,14,18,21,23H,4,8,10,13H2,1H3. The molecule has 1 amide bonds. The molecule has 24 heavy (non-hydrogen) atoms. The van der Waals surface area contributed by atoms with Gasteiger partial charge in [-0.1, -0.05) is 12.1 Å². The molecule has 2 aromatic rings. The van der Waals surface area contributed by atoms with Crippen LogP contribution in [0.3, 0.4) is 0 Å². The number of hydrogen-bond donors (Lipinski definition) is 2. The number of aromatic nitrogens is 1. The summed E-state index contributed by atoms with van der Waals surface area (Å²) >= 11 is 0. The third-order valence-corrected chi connectivity index (χ3v) is 4.36. The third kappa shape index (κ3) is 3.92. The quantitative estimate of drug-likeness (QED) is 0.907. The van der Waals surface area contributed by atoms with E-state index in [1.807, 2.05) is 42.6 Å². The molecule has 1 aliphatic heterocycles. The van der Waals surface area contributed by atoms with Crippen LogP contribution in [0.2, 0.25) is 0 Å². The van der Waals surface area contributed by atoms with Gasteiger partial charge >= 0.3 is 0 Å². The topological polar surface area (TPSA) is 65.5 Å². The molecular weight excluding hydrogens is 302 g/mol. The van der Waals surface area contributed by atoms with Crippen molar-refractivity contribution in [3.8, 4) is 0 Å². The number of nitrogens with zero attached hydrogens (tertiary/aromatic N) is 2. The van der Waals surface area contributed by atoms with E-state index >= 15 is 0 Å². The third-order valence-electron chi connectivity index (χ3n) is 4.36. The SMILES string of the molecule is CC(Nc1cccc(C(=O)N2CCCC(O)C2)c1)c1cccnc1. The van der Waals surface area contributed by atoms with E-state index < -0.39 is 6.10 Å². The zero-order valence-electron chi connectivity index (χ0n) is 13.9. The number of rotatable bonds is 4. The van der Waals surface area contributed by atoms with Crippen LogP contribution in [0.5, 0.6) is 0 Å². The fraction of sp³-hybridized carbons (Fsp3) is 0.368. The molecule has 0 radical (unpaired) electrons. The fourth-order valence-corrected chi connectivity index (χ4v) is 3.03. The summed E-state index contributed by atoms with van der Waals surface area (Å²) in [5.41, 5.74) is 2.63. The lowest BCUT2D eigenvalue weighted by Gasteiger charge is -2.30. The second-order valence-electron chi connectivity index (χ2n) is 6.28. The Bertz CT molecular complexity index is 690. The Kier molecular flexibility index (Phi) is 5.11. The molecule has 0 spiro atoms. The summed E-state index contributed by atoms with van der Waals surface area (Å²) in [7, 11) is 0. The molecule has 126 valence electrons. The molecule has 1 aromatic carbocycles. The lowest BCUT2D eigenvalue weighted by Crippen LogP contribution is -2.42. The number of hydrogen-bond acceptors (Lipinski definition) is 4. The van der Waals surface area contributed by atoms with E-state index in [1.165, 1.54) is 0 Å². The van der Waals surface area contributed by atoms with Crippen molar-refractivity contribution in [2.45, 2.75) is 31.9 Å². The van der Waals surface area contributed by atoms with Gasteiger partial charge in [-0.3, -0.25) is 9.78 Å². The van der Waals surface area contributed by atoms with Gasteiger partial charge in [-0.2, -0.15) is 0 Å². The molecule has 2 atom stereocenters. The first-order chi connectivity index (χ1) is 11.6. The lowest BCUT2D eigenvalue weighted by atomic mass is 10.1. The number of nitrogens with one attached hydrogen (secondary N) is 1. The number of carbonyl (C=O) groups is 1. The Morgan fingerprint density at radius 3 is 3.00 bits per heavy atom. The highest BCUT2D eigenvalue weighted by molar-refractivity contribution is 5.95. The minimum Gasteiger partial charge on any atom is -0.391 e. The van der Waals surface area contributed by atoms with E-state index in [-0.39, 0.29) is 11.9 Å². The van der Waals surface area contributed by atoms with Crippen molar-refractivity contribution in [1.82, 2.24) is 9.88 Å². The molecule has 0 saturated carbocycles. The number of aliphatic hydroxyl groups is 1. The van der Waals surface area contributed by atoms with Crippen LogP contribution in [0.4, 0.5) is 5.69 Å². The van der Waals surface area contributed by atoms with E-state index in [0.29, 0.717) is 18.7 Å². The first-order valence-electron chi connectivity index (χ1n) is 8.37. The first kappa shape index (κ1) is 16.5. The number of likely N-dealkylation sites (tertiary alicyclic amines) is 1. The largest absolute Gasteiger partial charge is 0.391 e. The Labute approximate surface area is 142 Å². The summed E-state index contributed by atoms with van der Waals surface area (Å²) in [6.45, 7) is 3.19. The van der Waals surface area contributed by atoms with Crippen LogP contribution in [-0.4, -0.2) is 40.1 Å². The molecule has 3 rings (SSSR count). The molecule has 1 aromatic heterocycles. The van der Waals surface area contributed by atoms with E-state index in [1.54, 1.807) is 11.1 Å². The van der Waals surface area contributed by atoms with Crippen molar-refractivity contribution in [1.29, 1.82) is 0 Å². The summed E-state index contributed by atoms with van der Waals surface area (Å²) in [4.78, 5) is 18.5. The predicted octanol–water partition coefficient (Wildman–Crippen LogP) is 2.85. The molecule has 2 N–H and O–H groups in total. The van der Waals surface area contributed by atoms with E-state index in [4.69, 9.17) is 0 Å². The Morgan fingerprint density at radius 1 is 1.38 bits per heavy atom. The van der Waals surface area contributed by atoms with Gasteiger partial charge in [0, 0.05) is 36.7 Å². The van der Waals surface area contributed by atoms with Gasteiger partial charge in [0.25, 0.3) is 5.91 Å². The molecule has 5 nitrogen and oxygen atoms in total. The molecule has 2 unspecified atom stereocenters. The van der Waals surface area contributed by atoms with Crippen molar-refractivity contribution in [2.75, 3.05) is 18.4 Å². The number of piperidine rings is 1. The van der Waals surface area contributed by atoms with Crippen LogP contribution >= 0.6 is 0 Å². The van der Waals surface area contributed by atoms with Gasteiger partial charge in [0.05, 0.1) is 12.1 Å². The van der Waals surface area contributed by atoms with E-state index in [9.17, 15) is 9.90 Å². The van der Waals surface area contributed by atoms with E-state index in [2.05, 4.69) is 17.2 Å². The van der Waals surface area contributed by atoms with Crippen molar-refractivity contribution in [3.63, 3.8) is 0 Å². The summed E-state index contributed by atoms with van der Waals surface area (Å²) < 4.78 is 0. The molecule has 1 fully saturated rings. The van der Waals surface area contributed by atoms with Crippen LogP contribution in [0, 0.1) is 0 Å². The van der Waals surface area contributed by atoms with Gasteiger partial charge in [-0.25, -0.2) is 0 Å². The molecule has 5 heteroatoms.